The van der Waals surface area contributed by atoms with Gasteiger partial charge in [0.05, 0.1) is 6.61 Å². The predicted molar refractivity (Wildman–Crippen MR) is 66.8 cm³/mol. The van der Waals surface area contributed by atoms with Gasteiger partial charge in [0.2, 0.25) is 0 Å². The molecular weight excluding hydrogens is 208 g/mol. The van der Waals surface area contributed by atoms with Crippen LogP contribution in [0, 0.1) is 5.92 Å². The van der Waals surface area contributed by atoms with Crippen molar-refractivity contribution >= 4 is 17.3 Å². The smallest absolute Gasteiger partial charge is 0.166 e. The van der Waals surface area contributed by atoms with E-state index in [1.54, 1.807) is 0 Å². The zero-order valence-electron chi connectivity index (χ0n) is 9.25. The van der Waals surface area contributed by atoms with Gasteiger partial charge in [-0.15, -0.1) is 0 Å². The molecule has 1 unspecified atom stereocenters. The predicted octanol–water partition coefficient (Wildman–Crippen LogP) is 1.19. The summed E-state index contributed by atoms with van der Waals surface area (Å²) < 4.78 is 0. The molecule has 3 nitrogen and oxygen atoms in total. The summed E-state index contributed by atoms with van der Waals surface area (Å²) in [5.74, 6) is 0.604. The molecule has 0 amide bonds. The largest absolute Gasteiger partial charge is 0.395 e. The van der Waals surface area contributed by atoms with E-state index >= 15 is 0 Å². The minimum Gasteiger partial charge on any atom is -0.395 e. The van der Waals surface area contributed by atoms with Gasteiger partial charge in [-0.3, -0.25) is 0 Å². The Morgan fingerprint density at radius 1 is 1.60 bits per heavy atom. The third-order valence-corrected chi connectivity index (χ3v) is 2.88. The molecule has 0 radical (unpaired) electrons. The van der Waals surface area contributed by atoms with Crippen molar-refractivity contribution in [2.24, 2.45) is 5.92 Å². The molecule has 0 aromatic carbocycles. The van der Waals surface area contributed by atoms with Gasteiger partial charge in [0.15, 0.2) is 5.11 Å². The minimum atomic E-state index is 0.115. The van der Waals surface area contributed by atoms with E-state index in [2.05, 4.69) is 23.6 Å². The molecule has 0 aliphatic heterocycles. The third kappa shape index (κ3) is 5.14. The maximum atomic E-state index is 8.61. The van der Waals surface area contributed by atoms with Crippen molar-refractivity contribution in [3.63, 3.8) is 0 Å². The maximum absolute atomic E-state index is 8.61. The molecule has 1 aliphatic carbocycles. The molecular formula is C11H20N2OS. The molecule has 0 fully saturated rings. The number of hydrogen-bond acceptors (Lipinski definition) is 2. The molecule has 0 saturated carbocycles. The summed E-state index contributed by atoms with van der Waals surface area (Å²) in [6.45, 7) is 3.72. The summed E-state index contributed by atoms with van der Waals surface area (Å²) in [7, 11) is 0. The van der Waals surface area contributed by atoms with E-state index < -0.39 is 0 Å². The number of hydrogen-bond donors (Lipinski definition) is 3. The fourth-order valence-electron chi connectivity index (χ4n) is 1.83. The summed E-state index contributed by atoms with van der Waals surface area (Å²) in [6, 6.07) is 0. The first-order valence-electron chi connectivity index (χ1n) is 5.52. The lowest BCUT2D eigenvalue weighted by Crippen LogP contribution is -2.39. The molecule has 0 heterocycles. The highest BCUT2D eigenvalue weighted by Gasteiger charge is 2.11. The quantitative estimate of drug-likeness (QED) is 0.499. The Labute approximate surface area is 96.9 Å². The number of allylic oxidation sites excluding steroid dienone is 1. The Morgan fingerprint density at radius 3 is 3.07 bits per heavy atom. The van der Waals surface area contributed by atoms with Crippen LogP contribution in [-0.4, -0.2) is 29.9 Å². The van der Waals surface area contributed by atoms with Gasteiger partial charge in [0.1, 0.15) is 0 Å². The van der Waals surface area contributed by atoms with Gasteiger partial charge in [0.25, 0.3) is 0 Å². The molecule has 1 atom stereocenters. The van der Waals surface area contributed by atoms with E-state index in [1.807, 2.05) is 0 Å². The van der Waals surface area contributed by atoms with Crippen LogP contribution in [0.5, 0.6) is 0 Å². The van der Waals surface area contributed by atoms with Crippen LogP contribution >= 0.6 is 12.2 Å². The number of rotatable bonds is 4. The van der Waals surface area contributed by atoms with Crippen molar-refractivity contribution in [1.82, 2.24) is 10.6 Å². The Bertz CT molecular complexity index is 241. The van der Waals surface area contributed by atoms with Crippen LogP contribution in [0.3, 0.4) is 0 Å². The highest BCUT2D eigenvalue weighted by molar-refractivity contribution is 7.80. The van der Waals surface area contributed by atoms with Crippen molar-refractivity contribution in [3.8, 4) is 0 Å². The summed E-state index contributed by atoms with van der Waals surface area (Å²) in [5.41, 5.74) is 1.49. The second kappa shape index (κ2) is 6.80. The summed E-state index contributed by atoms with van der Waals surface area (Å²) in [6.07, 6.45) is 6.10. The van der Waals surface area contributed by atoms with E-state index in [1.165, 1.54) is 24.8 Å². The van der Waals surface area contributed by atoms with Gasteiger partial charge in [-0.2, -0.15) is 0 Å². The van der Waals surface area contributed by atoms with Crippen molar-refractivity contribution in [3.05, 3.63) is 11.6 Å². The van der Waals surface area contributed by atoms with Gasteiger partial charge in [0, 0.05) is 13.1 Å². The van der Waals surface area contributed by atoms with E-state index in [9.17, 15) is 0 Å². The molecule has 0 spiro atoms. The zero-order chi connectivity index (χ0) is 11.1. The van der Waals surface area contributed by atoms with E-state index in [0.29, 0.717) is 17.6 Å². The second-order valence-corrected chi connectivity index (χ2v) is 4.43. The molecule has 0 aromatic heterocycles. The fourth-order valence-corrected chi connectivity index (χ4v) is 2.01. The molecule has 3 N–H and O–H groups in total. The Hall–Kier alpha value is -0.610. The average Bonchev–Trinajstić information content (AvgIpc) is 2.23. The topological polar surface area (TPSA) is 44.3 Å². The second-order valence-electron chi connectivity index (χ2n) is 4.03. The Balaban J connectivity index is 2.19. The van der Waals surface area contributed by atoms with Crippen molar-refractivity contribution in [2.75, 3.05) is 19.7 Å². The first-order valence-corrected chi connectivity index (χ1v) is 5.93. The van der Waals surface area contributed by atoms with Gasteiger partial charge >= 0.3 is 0 Å². The number of nitrogens with one attached hydrogen (secondary N) is 2. The van der Waals surface area contributed by atoms with Crippen LogP contribution < -0.4 is 10.6 Å². The molecule has 1 rings (SSSR count). The van der Waals surface area contributed by atoms with Crippen molar-refractivity contribution in [2.45, 2.75) is 26.2 Å². The normalized spacial score (nSPS) is 20.7. The highest BCUT2D eigenvalue weighted by atomic mass is 32.1. The molecule has 4 heteroatoms. The molecule has 0 saturated heterocycles. The maximum Gasteiger partial charge on any atom is 0.166 e. The monoisotopic (exact) mass is 228 g/mol. The van der Waals surface area contributed by atoms with E-state index in [-0.39, 0.29) is 6.61 Å². The number of thiocarbonyl (C=S) groups is 1. The Kier molecular flexibility index (Phi) is 5.65. The van der Waals surface area contributed by atoms with Crippen molar-refractivity contribution < 1.29 is 5.11 Å². The van der Waals surface area contributed by atoms with Gasteiger partial charge in [-0.05, 0) is 44.3 Å². The Morgan fingerprint density at radius 2 is 2.40 bits per heavy atom. The molecule has 0 aromatic rings. The molecule has 1 aliphatic rings. The lowest BCUT2D eigenvalue weighted by atomic mass is 9.91. The molecule has 0 bridgehead atoms. The SMILES string of the molecule is CC1=CC(CNC(=S)NCCO)CCC1. The van der Waals surface area contributed by atoms with Gasteiger partial charge in [-0.1, -0.05) is 11.6 Å². The van der Waals surface area contributed by atoms with Gasteiger partial charge < -0.3 is 15.7 Å². The lowest BCUT2D eigenvalue weighted by Gasteiger charge is -2.20. The third-order valence-electron chi connectivity index (χ3n) is 2.59. The fraction of sp³-hybridized carbons (Fsp3) is 0.727. The first kappa shape index (κ1) is 12.5. The van der Waals surface area contributed by atoms with E-state index in [0.717, 1.165) is 6.54 Å². The standard InChI is InChI=1S/C11H20N2OS/c1-9-3-2-4-10(7-9)8-13-11(15)12-5-6-14/h7,10,14H,2-6,8H2,1H3,(H2,12,13,15). The first-order chi connectivity index (χ1) is 7.22. The number of aliphatic hydroxyl groups is 1. The van der Waals surface area contributed by atoms with E-state index in [4.69, 9.17) is 17.3 Å². The van der Waals surface area contributed by atoms with Crippen LogP contribution in [0.1, 0.15) is 26.2 Å². The lowest BCUT2D eigenvalue weighted by molar-refractivity contribution is 0.300. The van der Waals surface area contributed by atoms with Crippen LogP contribution in [-0.2, 0) is 0 Å². The summed E-state index contributed by atoms with van der Waals surface area (Å²) in [4.78, 5) is 0. The zero-order valence-corrected chi connectivity index (χ0v) is 10.1. The van der Waals surface area contributed by atoms with Crippen LogP contribution in [0.25, 0.3) is 0 Å². The van der Waals surface area contributed by atoms with Crippen molar-refractivity contribution in [1.29, 1.82) is 0 Å². The number of aliphatic hydroxyl groups excluding tert-OH is 1. The van der Waals surface area contributed by atoms with Crippen LogP contribution in [0.15, 0.2) is 11.6 Å². The van der Waals surface area contributed by atoms with Crippen LogP contribution in [0.2, 0.25) is 0 Å². The molecule has 15 heavy (non-hydrogen) atoms. The highest BCUT2D eigenvalue weighted by Crippen LogP contribution is 2.21. The van der Waals surface area contributed by atoms with Gasteiger partial charge in [-0.25, -0.2) is 0 Å². The molecule has 86 valence electrons. The average molecular weight is 228 g/mol. The summed E-state index contributed by atoms with van der Waals surface area (Å²) >= 11 is 5.06. The van der Waals surface area contributed by atoms with Crippen LogP contribution in [0.4, 0.5) is 0 Å². The summed E-state index contributed by atoms with van der Waals surface area (Å²) in [5, 5.41) is 15.4. The minimum absolute atomic E-state index is 0.115.